The number of carbonyl (C=O) groups excluding carboxylic acids is 1. The molecule has 0 fully saturated rings. The zero-order valence-corrected chi connectivity index (χ0v) is 13.0. The summed E-state index contributed by atoms with van der Waals surface area (Å²) in [5, 5.41) is 12.8. The standard InChI is InChI=1S/C18H20BNO3/c21-17(20-12-11-14-5-2-1-3-6-14)10-9-15-7-4-8-16-13-23-19(22)18(15)16/h1-8,22H,9-13H2,(H,20,21). The second-order valence-corrected chi connectivity index (χ2v) is 5.74. The molecule has 1 aliphatic heterocycles. The van der Waals surface area contributed by atoms with Gasteiger partial charge in [0.2, 0.25) is 5.91 Å². The Bertz CT molecular complexity index is 675. The molecule has 0 saturated heterocycles. The van der Waals surface area contributed by atoms with Crippen LogP contribution in [0.4, 0.5) is 0 Å². The van der Waals surface area contributed by atoms with Gasteiger partial charge in [-0.3, -0.25) is 4.79 Å². The third-order valence-corrected chi connectivity index (χ3v) is 4.13. The van der Waals surface area contributed by atoms with E-state index in [0.717, 1.165) is 23.0 Å². The van der Waals surface area contributed by atoms with Gasteiger partial charge in [0.1, 0.15) is 0 Å². The molecule has 4 nitrogen and oxygen atoms in total. The number of rotatable bonds is 6. The van der Waals surface area contributed by atoms with Crippen molar-refractivity contribution < 1.29 is 14.5 Å². The van der Waals surface area contributed by atoms with Gasteiger partial charge in [0.25, 0.3) is 0 Å². The van der Waals surface area contributed by atoms with E-state index in [1.807, 2.05) is 36.4 Å². The van der Waals surface area contributed by atoms with Crippen molar-refractivity contribution in [2.45, 2.75) is 25.9 Å². The molecular formula is C18H20BNO3. The van der Waals surface area contributed by atoms with E-state index in [-0.39, 0.29) is 5.91 Å². The minimum Gasteiger partial charge on any atom is -0.423 e. The van der Waals surface area contributed by atoms with Gasteiger partial charge in [0, 0.05) is 13.0 Å². The highest BCUT2D eigenvalue weighted by atomic mass is 16.5. The van der Waals surface area contributed by atoms with Crippen LogP contribution in [0.5, 0.6) is 0 Å². The van der Waals surface area contributed by atoms with Crippen LogP contribution in [0.25, 0.3) is 0 Å². The van der Waals surface area contributed by atoms with E-state index in [0.29, 0.717) is 26.0 Å². The first-order valence-electron chi connectivity index (χ1n) is 7.95. The van der Waals surface area contributed by atoms with Crippen LogP contribution in [0.2, 0.25) is 0 Å². The molecular weight excluding hydrogens is 289 g/mol. The van der Waals surface area contributed by atoms with E-state index >= 15 is 0 Å². The van der Waals surface area contributed by atoms with Gasteiger partial charge >= 0.3 is 7.12 Å². The van der Waals surface area contributed by atoms with Crippen molar-refractivity contribution in [2.75, 3.05) is 6.54 Å². The predicted octanol–water partition coefficient (Wildman–Crippen LogP) is 1.20. The minimum absolute atomic E-state index is 0.0342. The van der Waals surface area contributed by atoms with Crippen molar-refractivity contribution in [3.05, 3.63) is 65.2 Å². The Morgan fingerprint density at radius 3 is 2.78 bits per heavy atom. The molecule has 0 unspecified atom stereocenters. The number of carbonyl (C=O) groups is 1. The third kappa shape index (κ3) is 4.00. The van der Waals surface area contributed by atoms with Crippen LogP contribution in [0, 0.1) is 0 Å². The molecule has 1 heterocycles. The Labute approximate surface area is 136 Å². The van der Waals surface area contributed by atoms with Crippen molar-refractivity contribution in [3.8, 4) is 0 Å². The molecule has 0 aliphatic carbocycles. The smallest absolute Gasteiger partial charge is 0.423 e. The lowest BCUT2D eigenvalue weighted by Crippen LogP contribution is -2.32. The van der Waals surface area contributed by atoms with Crippen molar-refractivity contribution in [1.29, 1.82) is 0 Å². The quantitative estimate of drug-likeness (QED) is 0.788. The molecule has 2 aromatic rings. The summed E-state index contributed by atoms with van der Waals surface area (Å²) in [6.07, 6.45) is 1.86. The highest BCUT2D eigenvalue weighted by Gasteiger charge is 2.29. The van der Waals surface area contributed by atoms with Gasteiger partial charge in [-0.05, 0) is 35.0 Å². The molecule has 0 bridgehead atoms. The van der Waals surface area contributed by atoms with Crippen molar-refractivity contribution in [1.82, 2.24) is 5.32 Å². The minimum atomic E-state index is -0.859. The molecule has 0 aromatic heterocycles. The van der Waals surface area contributed by atoms with Gasteiger partial charge in [-0.15, -0.1) is 0 Å². The largest absolute Gasteiger partial charge is 0.492 e. The Morgan fingerprint density at radius 1 is 1.13 bits per heavy atom. The van der Waals surface area contributed by atoms with Crippen molar-refractivity contribution >= 4 is 18.5 Å². The number of benzene rings is 2. The monoisotopic (exact) mass is 309 g/mol. The van der Waals surface area contributed by atoms with Crippen LogP contribution in [0.3, 0.4) is 0 Å². The van der Waals surface area contributed by atoms with E-state index in [9.17, 15) is 9.82 Å². The Morgan fingerprint density at radius 2 is 1.96 bits per heavy atom. The van der Waals surface area contributed by atoms with Gasteiger partial charge in [-0.2, -0.15) is 0 Å². The molecule has 5 heteroatoms. The average Bonchev–Trinajstić information content (AvgIpc) is 2.96. The summed E-state index contributed by atoms with van der Waals surface area (Å²) in [5.41, 5.74) is 4.06. The summed E-state index contributed by atoms with van der Waals surface area (Å²) in [6, 6.07) is 16.0. The van der Waals surface area contributed by atoms with Gasteiger partial charge in [-0.25, -0.2) is 0 Å². The lowest BCUT2D eigenvalue weighted by atomic mass is 9.75. The zero-order valence-electron chi connectivity index (χ0n) is 13.0. The maximum absolute atomic E-state index is 12.0. The van der Waals surface area contributed by atoms with Crippen LogP contribution < -0.4 is 10.8 Å². The summed E-state index contributed by atoms with van der Waals surface area (Å²) >= 11 is 0. The van der Waals surface area contributed by atoms with Gasteiger partial charge < -0.3 is 15.0 Å². The van der Waals surface area contributed by atoms with E-state index in [4.69, 9.17) is 4.65 Å². The van der Waals surface area contributed by atoms with E-state index in [1.165, 1.54) is 5.56 Å². The fourth-order valence-electron chi connectivity index (χ4n) is 2.91. The number of fused-ring (bicyclic) bond motifs is 1. The molecule has 1 aliphatic rings. The van der Waals surface area contributed by atoms with Gasteiger partial charge in [-0.1, -0.05) is 48.5 Å². The summed E-state index contributed by atoms with van der Waals surface area (Å²) in [5.74, 6) is 0.0342. The second-order valence-electron chi connectivity index (χ2n) is 5.74. The molecule has 2 N–H and O–H groups in total. The zero-order chi connectivity index (χ0) is 16.1. The van der Waals surface area contributed by atoms with Crippen LogP contribution in [-0.4, -0.2) is 24.6 Å². The lowest BCUT2D eigenvalue weighted by molar-refractivity contribution is -0.121. The topological polar surface area (TPSA) is 58.6 Å². The van der Waals surface area contributed by atoms with E-state index in [2.05, 4.69) is 17.4 Å². The fourth-order valence-corrected chi connectivity index (χ4v) is 2.91. The fraction of sp³-hybridized carbons (Fsp3) is 0.278. The Hall–Kier alpha value is -2.11. The molecule has 0 saturated carbocycles. The molecule has 1 amide bonds. The molecule has 3 rings (SSSR count). The average molecular weight is 309 g/mol. The SMILES string of the molecule is O=C(CCc1cccc2c1B(O)OC2)NCCc1ccccc1. The van der Waals surface area contributed by atoms with Crippen LogP contribution >= 0.6 is 0 Å². The summed E-state index contributed by atoms with van der Waals surface area (Å²) in [7, 11) is -0.859. The number of amides is 1. The molecule has 0 radical (unpaired) electrons. The predicted molar refractivity (Wildman–Crippen MR) is 90.3 cm³/mol. The normalized spacial score (nSPS) is 13.0. The van der Waals surface area contributed by atoms with E-state index < -0.39 is 7.12 Å². The third-order valence-electron chi connectivity index (χ3n) is 4.13. The van der Waals surface area contributed by atoms with Crippen molar-refractivity contribution in [2.24, 2.45) is 0 Å². The summed E-state index contributed by atoms with van der Waals surface area (Å²) in [6.45, 7) is 1.08. The number of aryl methyl sites for hydroxylation is 1. The number of nitrogens with one attached hydrogen (secondary N) is 1. The molecule has 0 spiro atoms. The van der Waals surface area contributed by atoms with Gasteiger partial charge in [0.15, 0.2) is 0 Å². The molecule has 118 valence electrons. The first-order chi connectivity index (χ1) is 11.2. The maximum Gasteiger partial charge on any atom is 0.492 e. The lowest BCUT2D eigenvalue weighted by Gasteiger charge is -2.09. The second kappa shape index (κ2) is 7.44. The first-order valence-corrected chi connectivity index (χ1v) is 7.95. The molecule has 0 atom stereocenters. The highest BCUT2D eigenvalue weighted by Crippen LogP contribution is 2.14. The number of hydrogen-bond donors (Lipinski definition) is 2. The summed E-state index contributed by atoms with van der Waals surface area (Å²) in [4.78, 5) is 12.0. The summed E-state index contributed by atoms with van der Waals surface area (Å²) < 4.78 is 5.24. The van der Waals surface area contributed by atoms with Crippen LogP contribution in [0.15, 0.2) is 48.5 Å². The Balaban J connectivity index is 1.47. The first kappa shape index (κ1) is 15.8. The highest BCUT2D eigenvalue weighted by molar-refractivity contribution is 6.62. The maximum atomic E-state index is 12.0. The van der Waals surface area contributed by atoms with Crippen LogP contribution in [-0.2, 0) is 28.9 Å². The van der Waals surface area contributed by atoms with Crippen molar-refractivity contribution in [3.63, 3.8) is 0 Å². The van der Waals surface area contributed by atoms with E-state index in [1.54, 1.807) is 0 Å². The van der Waals surface area contributed by atoms with Crippen LogP contribution in [0.1, 0.15) is 23.1 Å². The molecule has 23 heavy (non-hydrogen) atoms. The Kier molecular flexibility index (Phi) is 5.10. The molecule has 2 aromatic carbocycles. The number of hydrogen-bond acceptors (Lipinski definition) is 3. The van der Waals surface area contributed by atoms with Gasteiger partial charge in [0.05, 0.1) is 6.61 Å².